The van der Waals surface area contributed by atoms with E-state index in [1.165, 1.54) is 10.7 Å². The van der Waals surface area contributed by atoms with Gasteiger partial charge in [-0.05, 0) is 42.8 Å². The third-order valence-electron chi connectivity index (χ3n) is 4.24. The fourth-order valence-corrected chi connectivity index (χ4v) is 2.78. The quantitative estimate of drug-likeness (QED) is 0.574. The molecule has 0 spiro atoms. The molecule has 0 N–H and O–H groups in total. The average molecular weight is 390 g/mol. The Kier molecular flexibility index (Phi) is 6.58. The minimum Gasteiger partial charge on any atom is -0.497 e. The average Bonchev–Trinajstić information content (AvgIpc) is 2.76. The van der Waals surface area contributed by atoms with Gasteiger partial charge < -0.3 is 9.47 Å². The topological polar surface area (TPSA) is 70.4 Å². The van der Waals surface area contributed by atoms with Crippen molar-refractivity contribution in [3.8, 4) is 17.0 Å². The first-order valence-electron chi connectivity index (χ1n) is 9.27. The van der Waals surface area contributed by atoms with E-state index in [-0.39, 0.29) is 18.7 Å². The Morgan fingerprint density at radius 3 is 2.48 bits per heavy atom. The molecule has 3 rings (SSSR count). The lowest BCUT2D eigenvalue weighted by Crippen LogP contribution is -2.29. The van der Waals surface area contributed by atoms with Crippen LogP contribution >= 0.6 is 0 Å². The van der Waals surface area contributed by atoms with Crippen molar-refractivity contribution in [3.63, 3.8) is 0 Å². The maximum Gasteiger partial charge on any atom is 0.343 e. The normalized spacial score (nSPS) is 10.8. The van der Waals surface area contributed by atoms with E-state index in [1.54, 1.807) is 26.2 Å². The number of allylic oxidation sites excluding steroid dienone is 1. The molecular weight excluding hydrogens is 368 g/mol. The maximum atomic E-state index is 12.8. The van der Waals surface area contributed by atoms with Crippen LogP contribution in [0, 0.1) is 0 Å². The summed E-state index contributed by atoms with van der Waals surface area (Å²) in [6, 6.07) is 18.5. The number of rotatable bonds is 7. The van der Waals surface area contributed by atoms with Crippen molar-refractivity contribution in [3.05, 3.63) is 88.2 Å². The molecular formula is C23H22N2O4. The van der Waals surface area contributed by atoms with Crippen LogP contribution in [0.25, 0.3) is 17.3 Å². The molecule has 0 radical (unpaired) electrons. The Bertz CT molecular complexity index is 1050. The highest BCUT2D eigenvalue weighted by Crippen LogP contribution is 2.20. The van der Waals surface area contributed by atoms with Gasteiger partial charge >= 0.3 is 5.97 Å². The zero-order valence-corrected chi connectivity index (χ0v) is 16.4. The molecule has 0 saturated carbocycles. The summed E-state index contributed by atoms with van der Waals surface area (Å²) >= 11 is 0. The molecule has 0 aliphatic carbocycles. The summed E-state index contributed by atoms with van der Waals surface area (Å²) in [4.78, 5) is 25.1. The summed E-state index contributed by atoms with van der Waals surface area (Å²) in [7, 11) is 1.59. The predicted octanol–water partition coefficient (Wildman–Crippen LogP) is 3.81. The first-order chi connectivity index (χ1) is 14.1. The maximum absolute atomic E-state index is 12.8. The molecule has 6 nitrogen and oxygen atoms in total. The molecule has 0 unspecified atom stereocenters. The van der Waals surface area contributed by atoms with E-state index in [0.717, 1.165) is 11.1 Å². The van der Waals surface area contributed by atoms with Crippen molar-refractivity contribution >= 4 is 12.0 Å². The van der Waals surface area contributed by atoms with Crippen LogP contribution in [-0.2, 0) is 11.3 Å². The highest BCUT2D eigenvalue weighted by molar-refractivity contribution is 5.90. The fourth-order valence-electron chi connectivity index (χ4n) is 2.78. The minimum absolute atomic E-state index is 0.0409. The summed E-state index contributed by atoms with van der Waals surface area (Å²) in [5.41, 5.74) is 1.75. The number of hydrogen-bond acceptors (Lipinski definition) is 5. The molecule has 1 heterocycles. The Morgan fingerprint density at radius 1 is 1.10 bits per heavy atom. The van der Waals surface area contributed by atoms with Crippen LogP contribution in [0.2, 0.25) is 0 Å². The van der Waals surface area contributed by atoms with Gasteiger partial charge in [-0.15, -0.1) is 0 Å². The zero-order chi connectivity index (χ0) is 20.6. The fraction of sp³-hybridized carbons (Fsp3) is 0.174. The largest absolute Gasteiger partial charge is 0.497 e. The van der Waals surface area contributed by atoms with Gasteiger partial charge in [0.15, 0.2) is 0 Å². The summed E-state index contributed by atoms with van der Waals surface area (Å²) in [6.07, 6.45) is 3.73. The van der Waals surface area contributed by atoms with Crippen LogP contribution in [0.3, 0.4) is 0 Å². The second-order valence-electron chi connectivity index (χ2n) is 6.19. The van der Waals surface area contributed by atoms with Crippen LogP contribution in [0.5, 0.6) is 5.75 Å². The first-order valence-corrected chi connectivity index (χ1v) is 9.27. The van der Waals surface area contributed by atoms with Crippen molar-refractivity contribution in [2.24, 2.45) is 0 Å². The predicted molar refractivity (Wildman–Crippen MR) is 112 cm³/mol. The number of ether oxygens (including phenoxy) is 2. The van der Waals surface area contributed by atoms with Crippen LogP contribution in [0.1, 0.15) is 22.8 Å². The van der Waals surface area contributed by atoms with Crippen molar-refractivity contribution in [2.45, 2.75) is 13.5 Å². The van der Waals surface area contributed by atoms with E-state index < -0.39 is 11.5 Å². The summed E-state index contributed by atoms with van der Waals surface area (Å²) in [5, 5.41) is 4.44. The van der Waals surface area contributed by atoms with Crippen molar-refractivity contribution in [2.75, 3.05) is 13.7 Å². The highest BCUT2D eigenvalue weighted by Gasteiger charge is 2.17. The third kappa shape index (κ3) is 4.99. The van der Waals surface area contributed by atoms with Crippen molar-refractivity contribution < 1.29 is 14.3 Å². The second-order valence-corrected chi connectivity index (χ2v) is 6.19. The minimum atomic E-state index is -0.657. The highest BCUT2D eigenvalue weighted by atomic mass is 16.5. The third-order valence-corrected chi connectivity index (χ3v) is 4.24. The number of esters is 1. The Morgan fingerprint density at radius 2 is 1.83 bits per heavy atom. The summed E-state index contributed by atoms with van der Waals surface area (Å²) in [6.45, 7) is 2.11. The first kappa shape index (κ1) is 20.1. The molecule has 1 aromatic heterocycles. The van der Waals surface area contributed by atoms with Crippen LogP contribution in [-0.4, -0.2) is 29.5 Å². The van der Waals surface area contributed by atoms with Crippen LogP contribution in [0.15, 0.2) is 71.5 Å². The van der Waals surface area contributed by atoms with Gasteiger partial charge in [-0.25, -0.2) is 9.48 Å². The van der Waals surface area contributed by atoms with Gasteiger partial charge in [0.05, 0.1) is 26.0 Å². The van der Waals surface area contributed by atoms with E-state index >= 15 is 0 Å². The smallest absolute Gasteiger partial charge is 0.343 e. The van der Waals surface area contributed by atoms with Gasteiger partial charge in [0.25, 0.3) is 5.56 Å². The molecule has 0 atom stereocenters. The molecule has 0 aliphatic heterocycles. The van der Waals surface area contributed by atoms with E-state index in [9.17, 15) is 9.59 Å². The molecule has 0 saturated heterocycles. The van der Waals surface area contributed by atoms with Gasteiger partial charge in [0.1, 0.15) is 11.3 Å². The standard InChI is InChI=1S/C23H22N2O4/c1-3-29-23(27)20-16-21(18-11-13-19(28-2)14-12-18)24-25(22(20)26)15-7-10-17-8-5-4-6-9-17/h4-14,16H,3,15H2,1-2H3. The number of methoxy groups -OCH3 is 1. The van der Waals surface area contributed by atoms with E-state index in [4.69, 9.17) is 9.47 Å². The molecule has 29 heavy (non-hydrogen) atoms. The molecule has 148 valence electrons. The van der Waals surface area contributed by atoms with Gasteiger partial charge in [0.2, 0.25) is 0 Å². The van der Waals surface area contributed by atoms with Crippen LogP contribution in [0.4, 0.5) is 0 Å². The molecule has 0 amide bonds. The van der Waals surface area contributed by atoms with Crippen molar-refractivity contribution in [1.29, 1.82) is 0 Å². The van der Waals surface area contributed by atoms with Crippen molar-refractivity contribution in [1.82, 2.24) is 9.78 Å². The number of nitrogens with zero attached hydrogens (tertiary/aromatic N) is 2. The summed E-state index contributed by atoms with van der Waals surface area (Å²) < 4.78 is 11.5. The van der Waals surface area contributed by atoms with E-state index in [0.29, 0.717) is 11.4 Å². The molecule has 3 aromatic rings. The Labute approximate surface area is 169 Å². The lowest BCUT2D eigenvalue weighted by molar-refractivity contribution is 0.0523. The SMILES string of the molecule is CCOC(=O)c1cc(-c2ccc(OC)cc2)nn(CC=Cc2ccccc2)c1=O. The van der Waals surface area contributed by atoms with Gasteiger partial charge in [-0.1, -0.05) is 42.5 Å². The monoisotopic (exact) mass is 390 g/mol. The second kappa shape index (κ2) is 9.50. The lowest BCUT2D eigenvalue weighted by atomic mass is 10.1. The lowest BCUT2D eigenvalue weighted by Gasteiger charge is -2.10. The number of aromatic nitrogens is 2. The Balaban J connectivity index is 1.99. The number of carbonyl (C=O) groups is 1. The van der Waals surface area contributed by atoms with Gasteiger partial charge in [0, 0.05) is 5.56 Å². The van der Waals surface area contributed by atoms with Crippen LogP contribution < -0.4 is 10.3 Å². The van der Waals surface area contributed by atoms with E-state index in [1.807, 2.05) is 54.6 Å². The molecule has 0 aliphatic rings. The van der Waals surface area contributed by atoms with Gasteiger partial charge in [-0.3, -0.25) is 4.79 Å². The number of hydrogen-bond donors (Lipinski definition) is 0. The zero-order valence-electron chi connectivity index (χ0n) is 16.4. The molecule has 0 fully saturated rings. The summed E-state index contributed by atoms with van der Waals surface area (Å²) in [5.74, 6) is 0.0499. The van der Waals surface area contributed by atoms with Gasteiger partial charge in [-0.2, -0.15) is 5.10 Å². The Hall–Kier alpha value is -3.67. The van der Waals surface area contributed by atoms with E-state index in [2.05, 4.69) is 5.10 Å². The number of carbonyl (C=O) groups excluding carboxylic acids is 1. The number of benzene rings is 2. The molecule has 0 bridgehead atoms. The molecule has 2 aromatic carbocycles. The molecule has 6 heteroatoms.